The zero-order valence-corrected chi connectivity index (χ0v) is 46.0. The highest BCUT2D eigenvalue weighted by Gasteiger charge is 2.30. The molecule has 0 rings (SSSR count). The van der Waals surface area contributed by atoms with Crippen molar-refractivity contribution in [3.8, 4) is 0 Å². The first kappa shape index (κ1) is 65.7. The number of amides is 1. The summed E-state index contributed by atoms with van der Waals surface area (Å²) in [6.45, 7) is 6.94. The Morgan fingerprint density at radius 3 is 1.40 bits per heavy atom. The average Bonchev–Trinajstić information content (AvgIpc) is 3.29. The highest BCUT2D eigenvalue weighted by atomic mass is 31.2. The fourth-order valence-electron chi connectivity index (χ4n) is 7.76. The maximum atomic E-state index is 13.5. The molecule has 0 saturated carbocycles. The lowest BCUT2D eigenvalue weighted by Crippen LogP contribution is -2.47. The molecule has 0 spiro atoms. The van der Waals surface area contributed by atoms with Crippen LogP contribution in [0.5, 0.6) is 0 Å². The van der Waals surface area contributed by atoms with Crippen LogP contribution in [0.15, 0.2) is 60.8 Å². The Balaban J connectivity index is 5.43. The van der Waals surface area contributed by atoms with Gasteiger partial charge in [-0.3, -0.25) is 18.6 Å². The third kappa shape index (κ3) is 48.7. The fraction of sp³-hybridized carbons (Fsp3) is 0.793. The van der Waals surface area contributed by atoms with E-state index < -0.39 is 20.0 Å². The lowest BCUT2D eigenvalue weighted by molar-refractivity contribution is -0.870. The molecule has 0 aromatic carbocycles. The Hall–Kier alpha value is -2.29. The molecule has 0 fully saturated rings. The van der Waals surface area contributed by atoms with Gasteiger partial charge in [-0.15, -0.1) is 0 Å². The molecule has 0 bridgehead atoms. The molecule has 9 nitrogen and oxygen atoms in total. The number of quaternary nitrogens is 1. The van der Waals surface area contributed by atoms with Gasteiger partial charge in [0.15, 0.2) is 0 Å². The van der Waals surface area contributed by atoms with Crippen molar-refractivity contribution in [2.45, 2.75) is 258 Å². The summed E-state index contributed by atoms with van der Waals surface area (Å²) in [5, 5.41) is 3.03. The number of hydrogen-bond acceptors (Lipinski definition) is 6. The molecule has 0 aliphatic rings. The Bertz CT molecular complexity index is 1350. The van der Waals surface area contributed by atoms with Crippen molar-refractivity contribution >= 4 is 19.7 Å². The number of allylic oxidation sites excluding steroid dienone is 9. The van der Waals surface area contributed by atoms with Gasteiger partial charge in [-0.2, -0.15) is 0 Å². The second-order valence-electron chi connectivity index (χ2n) is 20.1. The van der Waals surface area contributed by atoms with E-state index in [9.17, 15) is 19.0 Å². The van der Waals surface area contributed by atoms with Gasteiger partial charge in [-0.05, 0) is 96.0 Å². The molecule has 0 aliphatic carbocycles. The molecule has 3 unspecified atom stereocenters. The summed E-state index contributed by atoms with van der Waals surface area (Å²) in [4.78, 5) is 37.5. The van der Waals surface area contributed by atoms with Crippen molar-refractivity contribution in [1.29, 1.82) is 0 Å². The first-order chi connectivity index (χ1) is 32.9. The Kier molecular flexibility index (Phi) is 46.7. The van der Waals surface area contributed by atoms with Gasteiger partial charge in [-0.25, -0.2) is 4.57 Å². The molecule has 3 atom stereocenters. The van der Waals surface area contributed by atoms with Crippen LogP contribution in [-0.2, 0) is 27.9 Å². The van der Waals surface area contributed by atoms with E-state index in [0.717, 1.165) is 89.9 Å². The highest BCUT2D eigenvalue weighted by Crippen LogP contribution is 2.43. The lowest BCUT2D eigenvalue weighted by Gasteiger charge is -2.27. The molecule has 0 aromatic rings. The first-order valence-corrected chi connectivity index (χ1v) is 29.6. The van der Waals surface area contributed by atoms with Gasteiger partial charge in [0.05, 0.1) is 33.8 Å². The van der Waals surface area contributed by atoms with Gasteiger partial charge in [0.1, 0.15) is 19.3 Å². The molecule has 10 heteroatoms. The standard InChI is InChI=1S/C58H107N2O7P/c1-7-10-13-16-19-22-25-28-29-30-31-33-35-38-41-44-47-50-57(61)59-55(54-66-68(63,64)65-53-52-60(4,5)6)56(49-46-43-40-37-34-27-24-21-18-15-12-9-3)67-58(62)51-48-45-42-39-36-32-26-23-20-17-14-11-8-2/h19,22,28-29,31-33,36,46,49,55-56H,7-18,20-21,23-27,30,34-35,37-45,47-48,50-54H2,1-6H3,(H-,59,61,63,64)/p+1/b22-19-,29-28-,33-31-,36-32-,49-46-. The van der Waals surface area contributed by atoms with Gasteiger partial charge in [0.2, 0.25) is 5.91 Å². The summed E-state index contributed by atoms with van der Waals surface area (Å²) in [5.41, 5.74) is 0. The SMILES string of the molecule is CCCCC/C=C\C/C=C\C/C=C\CCCCCCC(=O)NC(COP(=O)(O)OCC[N+](C)(C)C)C(/C=C\CCCCCCCCCCCC)OC(=O)CCCCC/C=C\CCCCCCCC. The minimum Gasteiger partial charge on any atom is -0.456 e. The number of esters is 1. The molecule has 0 saturated heterocycles. The quantitative estimate of drug-likeness (QED) is 0.0205. The number of phosphoric ester groups is 1. The van der Waals surface area contributed by atoms with Crippen LogP contribution in [0.1, 0.15) is 245 Å². The molecule has 1 amide bonds. The number of carbonyl (C=O) groups excluding carboxylic acids is 2. The predicted molar refractivity (Wildman–Crippen MR) is 291 cm³/mol. The minimum atomic E-state index is -4.45. The molecule has 0 aromatic heterocycles. The number of carbonyl (C=O) groups is 2. The average molecular weight is 976 g/mol. The van der Waals surface area contributed by atoms with Gasteiger partial charge >= 0.3 is 13.8 Å². The zero-order chi connectivity index (χ0) is 50.1. The van der Waals surface area contributed by atoms with Crippen molar-refractivity contribution in [3.63, 3.8) is 0 Å². The van der Waals surface area contributed by atoms with E-state index in [0.29, 0.717) is 23.9 Å². The minimum absolute atomic E-state index is 0.0321. The van der Waals surface area contributed by atoms with Gasteiger partial charge < -0.3 is 19.4 Å². The number of unbranched alkanes of at least 4 members (excludes halogenated alkanes) is 26. The normalized spacial score (nSPS) is 14.3. The van der Waals surface area contributed by atoms with Gasteiger partial charge in [-0.1, -0.05) is 197 Å². The lowest BCUT2D eigenvalue weighted by atomic mass is 10.0. The Labute approximate surface area is 420 Å². The van der Waals surface area contributed by atoms with E-state index >= 15 is 0 Å². The predicted octanol–water partition coefficient (Wildman–Crippen LogP) is 16.7. The highest BCUT2D eigenvalue weighted by molar-refractivity contribution is 7.47. The summed E-state index contributed by atoms with van der Waals surface area (Å²) in [7, 11) is 1.47. The molecule has 0 heterocycles. The van der Waals surface area contributed by atoms with Crippen molar-refractivity contribution < 1.29 is 37.3 Å². The summed E-state index contributed by atoms with van der Waals surface area (Å²) >= 11 is 0. The molecule has 396 valence electrons. The van der Waals surface area contributed by atoms with Crippen LogP contribution in [0.2, 0.25) is 0 Å². The van der Waals surface area contributed by atoms with Crippen molar-refractivity contribution in [1.82, 2.24) is 5.32 Å². The van der Waals surface area contributed by atoms with Crippen LogP contribution in [0.25, 0.3) is 0 Å². The maximum Gasteiger partial charge on any atom is 0.472 e. The molecule has 0 radical (unpaired) electrons. The Morgan fingerprint density at radius 2 is 0.897 bits per heavy atom. The second-order valence-corrected chi connectivity index (χ2v) is 21.6. The second kappa shape index (κ2) is 48.3. The van der Waals surface area contributed by atoms with E-state index in [1.807, 2.05) is 33.3 Å². The monoisotopic (exact) mass is 976 g/mol. The molecule has 2 N–H and O–H groups in total. The summed E-state index contributed by atoms with van der Waals surface area (Å²) in [6, 6.07) is -0.865. The number of phosphoric acid groups is 1. The van der Waals surface area contributed by atoms with E-state index in [2.05, 4.69) is 74.7 Å². The van der Waals surface area contributed by atoms with Crippen LogP contribution in [-0.4, -0.2) is 74.3 Å². The number of hydrogen-bond donors (Lipinski definition) is 2. The van der Waals surface area contributed by atoms with Crippen LogP contribution in [0.3, 0.4) is 0 Å². The van der Waals surface area contributed by atoms with Gasteiger partial charge in [0.25, 0.3) is 0 Å². The third-order valence-corrected chi connectivity index (χ3v) is 13.2. The summed E-state index contributed by atoms with van der Waals surface area (Å²) in [6.07, 6.45) is 59.2. The maximum absolute atomic E-state index is 13.5. The number of likely N-dealkylation sites (N-methyl/N-ethyl adjacent to an activating group) is 1. The number of ether oxygens (including phenoxy) is 1. The zero-order valence-electron chi connectivity index (χ0n) is 45.1. The van der Waals surface area contributed by atoms with Crippen LogP contribution < -0.4 is 5.32 Å². The fourth-order valence-corrected chi connectivity index (χ4v) is 8.50. The Morgan fingerprint density at radius 1 is 0.515 bits per heavy atom. The van der Waals surface area contributed by atoms with Crippen LogP contribution in [0.4, 0.5) is 0 Å². The van der Waals surface area contributed by atoms with Gasteiger partial charge in [0, 0.05) is 12.8 Å². The van der Waals surface area contributed by atoms with Crippen LogP contribution in [0, 0.1) is 0 Å². The van der Waals surface area contributed by atoms with E-state index in [4.69, 9.17) is 13.8 Å². The van der Waals surface area contributed by atoms with Crippen molar-refractivity contribution in [2.75, 3.05) is 40.9 Å². The smallest absolute Gasteiger partial charge is 0.456 e. The first-order valence-electron chi connectivity index (χ1n) is 28.1. The van der Waals surface area contributed by atoms with Crippen molar-refractivity contribution in [2.24, 2.45) is 0 Å². The van der Waals surface area contributed by atoms with E-state index in [1.54, 1.807) is 0 Å². The molecule has 68 heavy (non-hydrogen) atoms. The number of nitrogens with zero attached hydrogens (tertiary/aromatic N) is 1. The van der Waals surface area contributed by atoms with E-state index in [-0.39, 0.29) is 31.5 Å². The molecular weight excluding hydrogens is 868 g/mol. The van der Waals surface area contributed by atoms with Crippen LogP contribution >= 0.6 is 7.82 Å². The molecular formula is C58H108N2O7P+. The van der Waals surface area contributed by atoms with Crippen molar-refractivity contribution in [3.05, 3.63) is 60.8 Å². The summed E-state index contributed by atoms with van der Waals surface area (Å²) in [5.74, 6) is -0.549. The summed E-state index contributed by atoms with van der Waals surface area (Å²) < 4.78 is 30.5. The number of rotatable bonds is 50. The third-order valence-electron chi connectivity index (χ3n) is 12.2. The van der Waals surface area contributed by atoms with E-state index in [1.165, 1.54) is 116 Å². The molecule has 0 aliphatic heterocycles. The topological polar surface area (TPSA) is 111 Å². The largest absolute Gasteiger partial charge is 0.472 e. The number of nitrogens with one attached hydrogen (secondary N) is 1.